The fourth-order valence-electron chi connectivity index (χ4n) is 3.34. The molecule has 0 aromatic carbocycles. The SMILES string of the molecule is C#CC[C@@]1(C(C)(C)C)C[C@H](CNC(=O)OC(C)(C)C)CN1C(=O)O. The van der Waals surface area contributed by atoms with E-state index < -0.39 is 23.3 Å². The highest BCUT2D eigenvalue weighted by Gasteiger charge is 2.54. The van der Waals surface area contributed by atoms with Crippen molar-refractivity contribution in [1.82, 2.24) is 10.2 Å². The molecule has 1 saturated heterocycles. The normalized spacial score (nSPS) is 24.4. The Morgan fingerprint density at radius 2 is 1.92 bits per heavy atom. The van der Waals surface area contributed by atoms with Crippen LogP contribution in [0.25, 0.3) is 0 Å². The highest BCUT2D eigenvalue weighted by molar-refractivity contribution is 5.68. The van der Waals surface area contributed by atoms with E-state index in [1.807, 2.05) is 20.8 Å². The van der Waals surface area contributed by atoms with Crippen LogP contribution < -0.4 is 5.32 Å². The lowest BCUT2D eigenvalue weighted by atomic mass is 9.69. The van der Waals surface area contributed by atoms with Gasteiger partial charge in [-0.1, -0.05) is 20.8 Å². The summed E-state index contributed by atoms with van der Waals surface area (Å²) in [7, 11) is 0. The lowest BCUT2D eigenvalue weighted by molar-refractivity contribution is 0.0341. The van der Waals surface area contributed by atoms with E-state index in [-0.39, 0.29) is 11.3 Å². The van der Waals surface area contributed by atoms with E-state index in [0.29, 0.717) is 25.9 Å². The Hall–Kier alpha value is -1.90. The Kier molecular flexibility index (Phi) is 5.81. The molecule has 2 amide bonds. The second-order valence-electron chi connectivity index (χ2n) is 8.51. The van der Waals surface area contributed by atoms with Crippen LogP contribution in [0.1, 0.15) is 54.4 Å². The number of terminal acetylenes is 1. The Bertz CT molecular complexity index is 525. The first-order valence-electron chi connectivity index (χ1n) is 8.23. The van der Waals surface area contributed by atoms with Crippen LogP contribution in [0.2, 0.25) is 0 Å². The van der Waals surface area contributed by atoms with Gasteiger partial charge in [-0.2, -0.15) is 0 Å². The summed E-state index contributed by atoms with van der Waals surface area (Å²) in [5.74, 6) is 2.64. The van der Waals surface area contributed by atoms with Crippen molar-refractivity contribution in [2.75, 3.05) is 13.1 Å². The van der Waals surface area contributed by atoms with Crippen LogP contribution in [0.3, 0.4) is 0 Å². The number of ether oxygens (including phenoxy) is 1. The minimum atomic E-state index is -0.972. The summed E-state index contributed by atoms with van der Waals surface area (Å²) < 4.78 is 5.23. The molecule has 1 rings (SSSR count). The molecule has 1 fully saturated rings. The first kappa shape index (κ1) is 20.1. The quantitative estimate of drug-likeness (QED) is 0.774. The molecule has 0 aliphatic carbocycles. The fourth-order valence-corrected chi connectivity index (χ4v) is 3.34. The summed E-state index contributed by atoms with van der Waals surface area (Å²) in [5, 5.41) is 12.4. The average Bonchev–Trinajstić information content (AvgIpc) is 2.75. The molecule has 0 spiro atoms. The number of nitrogens with one attached hydrogen (secondary N) is 1. The molecular formula is C18H30N2O4. The molecule has 24 heavy (non-hydrogen) atoms. The topological polar surface area (TPSA) is 78.9 Å². The molecule has 6 heteroatoms. The summed E-state index contributed by atoms with van der Waals surface area (Å²) in [6, 6.07) is 0. The summed E-state index contributed by atoms with van der Waals surface area (Å²) in [4.78, 5) is 25.0. The summed E-state index contributed by atoms with van der Waals surface area (Å²) in [6.45, 7) is 12.1. The molecule has 2 N–H and O–H groups in total. The molecule has 0 bridgehead atoms. The predicted octanol–water partition coefficient (Wildman–Crippen LogP) is 3.32. The van der Waals surface area contributed by atoms with E-state index in [1.165, 1.54) is 4.90 Å². The zero-order valence-electron chi connectivity index (χ0n) is 15.6. The van der Waals surface area contributed by atoms with Crippen LogP contribution in [0.5, 0.6) is 0 Å². The molecule has 0 radical (unpaired) electrons. The Morgan fingerprint density at radius 3 is 2.33 bits per heavy atom. The van der Waals surface area contributed by atoms with Gasteiger partial charge in [0.05, 0.1) is 5.54 Å². The minimum absolute atomic E-state index is 0.00110. The predicted molar refractivity (Wildman–Crippen MR) is 92.7 cm³/mol. The first-order chi connectivity index (χ1) is 10.8. The van der Waals surface area contributed by atoms with Crippen molar-refractivity contribution in [3.05, 3.63) is 0 Å². The molecule has 6 nitrogen and oxygen atoms in total. The number of alkyl carbamates (subject to hydrolysis) is 1. The van der Waals surface area contributed by atoms with Crippen molar-refractivity contribution in [3.8, 4) is 12.3 Å². The van der Waals surface area contributed by atoms with Gasteiger partial charge in [-0.3, -0.25) is 0 Å². The molecule has 1 heterocycles. The lowest BCUT2D eigenvalue weighted by Crippen LogP contribution is -2.55. The van der Waals surface area contributed by atoms with E-state index in [9.17, 15) is 14.7 Å². The summed E-state index contributed by atoms with van der Waals surface area (Å²) >= 11 is 0. The van der Waals surface area contributed by atoms with Crippen molar-refractivity contribution in [3.63, 3.8) is 0 Å². The number of rotatable bonds is 3. The summed E-state index contributed by atoms with van der Waals surface area (Å²) in [6.07, 6.45) is 5.03. The van der Waals surface area contributed by atoms with Gasteiger partial charge in [-0.15, -0.1) is 12.3 Å². The van der Waals surface area contributed by atoms with Gasteiger partial charge in [0.15, 0.2) is 0 Å². The fraction of sp³-hybridized carbons (Fsp3) is 0.778. The van der Waals surface area contributed by atoms with Crippen molar-refractivity contribution in [1.29, 1.82) is 0 Å². The monoisotopic (exact) mass is 338 g/mol. The van der Waals surface area contributed by atoms with Gasteiger partial charge < -0.3 is 20.1 Å². The van der Waals surface area contributed by atoms with E-state index in [0.717, 1.165) is 0 Å². The van der Waals surface area contributed by atoms with Crippen LogP contribution >= 0.6 is 0 Å². The maximum atomic E-state index is 11.8. The second-order valence-corrected chi connectivity index (χ2v) is 8.51. The smallest absolute Gasteiger partial charge is 0.407 e. The van der Waals surface area contributed by atoms with Gasteiger partial charge in [0.25, 0.3) is 0 Å². The molecule has 1 aliphatic heterocycles. The van der Waals surface area contributed by atoms with Crippen molar-refractivity contribution >= 4 is 12.2 Å². The van der Waals surface area contributed by atoms with Gasteiger partial charge in [0.1, 0.15) is 5.60 Å². The maximum Gasteiger partial charge on any atom is 0.407 e. The van der Waals surface area contributed by atoms with Gasteiger partial charge >= 0.3 is 12.2 Å². The molecular weight excluding hydrogens is 308 g/mol. The number of likely N-dealkylation sites (tertiary alicyclic amines) is 1. The standard InChI is InChI=1S/C18H30N2O4/c1-8-9-18(16(2,3)4)10-13(12-20(18)15(22)23)11-19-14(21)24-17(5,6)7/h1,13H,9-12H2,2-7H3,(H,19,21)(H,22,23)/t13-,18+/m1/s1. The van der Waals surface area contributed by atoms with E-state index >= 15 is 0 Å². The molecule has 0 unspecified atom stereocenters. The van der Waals surface area contributed by atoms with Crippen LogP contribution in [0, 0.1) is 23.7 Å². The largest absolute Gasteiger partial charge is 0.465 e. The number of nitrogens with zero attached hydrogens (tertiary/aromatic N) is 1. The first-order valence-corrected chi connectivity index (χ1v) is 8.23. The van der Waals surface area contributed by atoms with Gasteiger partial charge in [0.2, 0.25) is 0 Å². The molecule has 0 aromatic rings. The Morgan fingerprint density at radius 1 is 1.33 bits per heavy atom. The van der Waals surface area contributed by atoms with Crippen LogP contribution in [-0.4, -0.2) is 46.4 Å². The molecule has 0 aromatic heterocycles. The van der Waals surface area contributed by atoms with E-state index in [1.54, 1.807) is 20.8 Å². The molecule has 2 atom stereocenters. The third-order valence-corrected chi connectivity index (χ3v) is 4.54. The van der Waals surface area contributed by atoms with Gasteiger partial charge in [-0.25, -0.2) is 9.59 Å². The number of amides is 2. The van der Waals surface area contributed by atoms with E-state index in [2.05, 4.69) is 11.2 Å². The third kappa shape index (κ3) is 4.56. The van der Waals surface area contributed by atoms with Crippen molar-refractivity contribution in [2.24, 2.45) is 11.3 Å². The van der Waals surface area contributed by atoms with Gasteiger partial charge in [-0.05, 0) is 38.5 Å². The van der Waals surface area contributed by atoms with Gasteiger partial charge in [0, 0.05) is 19.5 Å². The zero-order valence-corrected chi connectivity index (χ0v) is 15.6. The van der Waals surface area contributed by atoms with Crippen LogP contribution in [0.4, 0.5) is 9.59 Å². The van der Waals surface area contributed by atoms with Crippen LogP contribution in [-0.2, 0) is 4.74 Å². The maximum absolute atomic E-state index is 11.8. The Balaban J connectivity index is 2.86. The van der Waals surface area contributed by atoms with E-state index in [4.69, 9.17) is 11.2 Å². The third-order valence-electron chi connectivity index (χ3n) is 4.54. The Labute approximate surface area is 144 Å². The zero-order chi connectivity index (χ0) is 18.8. The van der Waals surface area contributed by atoms with Crippen molar-refractivity contribution in [2.45, 2.75) is 65.5 Å². The number of carbonyl (C=O) groups is 2. The molecule has 0 saturated carbocycles. The molecule has 136 valence electrons. The number of hydrogen-bond donors (Lipinski definition) is 2. The highest BCUT2D eigenvalue weighted by atomic mass is 16.6. The number of hydrogen-bond acceptors (Lipinski definition) is 3. The average molecular weight is 338 g/mol. The second kappa shape index (κ2) is 6.92. The molecule has 1 aliphatic rings. The van der Waals surface area contributed by atoms with Crippen molar-refractivity contribution < 1.29 is 19.4 Å². The minimum Gasteiger partial charge on any atom is -0.465 e. The lowest BCUT2D eigenvalue weighted by Gasteiger charge is -2.46. The van der Waals surface area contributed by atoms with Crippen LogP contribution in [0.15, 0.2) is 0 Å². The highest BCUT2D eigenvalue weighted by Crippen LogP contribution is 2.47. The number of carboxylic acid groups (broad SMARTS) is 1. The summed E-state index contributed by atoms with van der Waals surface area (Å²) in [5.41, 5.74) is -1.50. The number of carbonyl (C=O) groups excluding carboxylic acids is 1.